The maximum Gasteiger partial charge on any atom is 0.417 e. The first-order valence-corrected chi connectivity index (χ1v) is 8.45. The van der Waals surface area contributed by atoms with Crippen LogP contribution >= 0.6 is 0 Å². The maximum atomic E-state index is 13.2. The van der Waals surface area contributed by atoms with Gasteiger partial charge in [0.2, 0.25) is 0 Å². The van der Waals surface area contributed by atoms with Gasteiger partial charge in [-0.3, -0.25) is 0 Å². The fourth-order valence-electron chi connectivity index (χ4n) is 2.68. The van der Waals surface area contributed by atoms with E-state index in [2.05, 4.69) is 4.98 Å². The summed E-state index contributed by atoms with van der Waals surface area (Å²) in [6, 6.07) is 6.11. The van der Waals surface area contributed by atoms with Gasteiger partial charge in [0.15, 0.2) is 5.58 Å². The lowest BCUT2D eigenvalue weighted by atomic mass is 10.0. The number of alkyl halides is 6. The van der Waals surface area contributed by atoms with Crippen LogP contribution in [0.3, 0.4) is 0 Å². The van der Waals surface area contributed by atoms with Gasteiger partial charge in [-0.15, -0.1) is 0 Å². The Morgan fingerprint density at radius 1 is 0.933 bits per heavy atom. The molecule has 158 valence electrons. The molecule has 1 aromatic heterocycles. The number of rotatable bonds is 3. The molecule has 0 unspecified atom stereocenters. The fraction of sp³-hybridized carbons (Fsp3) is 0.200. The van der Waals surface area contributed by atoms with Crippen molar-refractivity contribution >= 4 is 28.9 Å². The van der Waals surface area contributed by atoms with Gasteiger partial charge in [-0.05, 0) is 35.9 Å². The first-order chi connectivity index (χ1) is 13.9. The van der Waals surface area contributed by atoms with E-state index in [1.165, 1.54) is 0 Å². The average Bonchev–Trinajstić information content (AvgIpc) is 2.64. The van der Waals surface area contributed by atoms with Gasteiger partial charge in [0.05, 0.1) is 11.1 Å². The zero-order chi connectivity index (χ0) is 22.3. The first kappa shape index (κ1) is 21.4. The number of nitrogens with zero attached hydrogens (tertiary/aromatic N) is 2. The minimum atomic E-state index is -5.02. The van der Waals surface area contributed by atoms with Crippen molar-refractivity contribution in [2.45, 2.75) is 12.4 Å². The molecule has 0 amide bonds. The van der Waals surface area contributed by atoms with Crippen LogP contribution in [-0.4, -0.2) is 19.1 Å². The molecule has 1 heterocycles. The van der Waals surface area contributed by atoms with Crippen molar-refractivity contribution in [2.24, 2.45) is 0 Å². The Morgan fingerprint density at radius 3 is 2.23 bits per heavy atom. The third-order valence-electron chi connectivity index (χ3n) is 4.22. The summed E-state index contributed by atoms with van der Waals surface area (Å²) in [5.74, 6) is 0. The van der Waals surface area contributed by atoms with Crippen molar-refractivity contribution in [1.29, 1.82) is 0 Å². The van der Waals surface area contributed by atoms with Crippen molar-refractivity contribution in [2.75, 3.05) is 19.0 Å². The number of hydrogen-bond donors (Lipinski definition) is 0. The van der Waals surface area contributed by atoms with Gasteiger partial charge in [-0.1, -0.05) is 12.1 Å². The Balaban J connectivity index is 2.05. The molecule has 10 heteroatoms. The molecule has 0 fully saturated rings. The molecule has 0 aliphatic rings. The summed E-state index contributed by atoms with van der Waals surface area (Å²) in [4.78, 5) is 18.0. The standard InChI is InChI=1S/C20H14F6N2O2/c1-28(2)13-6-8-15-17(10-13)30-18(29)16(27-15)7-4-11-3-5-12(19(21,22)23)9-14(11)20(24,25)26/h3-10H,1-2H3. The van der Waals surface area contributed by atoms with Gasteiger partial charge in [0, 0.05) is 25.8 Å². The lowest BCUT2D eigenvalue weighted by Gasteiger charge is -2.14. The molecule has 0 atom stereocenters. The minimum absolute atomic E-state index is 0.0265. The summed E-state index contributed by atoms with van der Waals surface area (Å²) in [5, 5.41) is 0. The molecule has 0 aliphatic heterocycles. The third kappa shape index (κ3) is 4.47. The highest BCUT2D eigenvalue weighted by Crippen LogP contribution is 2.37. The molecule has 0 spiro atoms. The van der Waals surface area contributed by atoms with Crippen LogP contribution in [0.2, 0.25) is 0 Å². The predicted molar refractivity (Wildman–Crippen MR) is 100.0 cm³/mol. The number of hydrogen-bond acceptors (Lipinski definition) is 4. The predicted octanol–water partition coefficient (Wildman–Crippen LogP) is 5.46. The largest absolute Gasteiger partial charge is 0.419 e. The van der Waals surface area contributed by atoms with Gasteiger partial charge in [0.25, 0.3) is 0 Å². The summed E-state index contributed by atoms with van der Waals surface area (Å²) in [7, 11) is 3.57. The molecule has 0 saturated heterocycles. The van der Waals surface area contributed by atoms with Crippen LogP contribution in [0.25, 0.3) is 23.3 Å². The molecular formula is C20H14F6N2O2. The average molecular weight is 428 g/mol. The van der Waals surface area contributed by atoms with Gasteiger partial charge < -0.3 is 9.32 Å². The molecule has 3 aromatic rings. The van der Waals surface area contributed by atoms with Crippen LogP contribution in [-0.2, 0) is 12.4 Å². The van der Waals surface area contributed by atoms with Gasteiger partial charge in [-0.2, -0.15) is 26.3 Å². The molecule has 0 saturated carbocycles. The summed E-state index contributed by atoms with van der Waals surface area (Å²) in [6.07, 6.45) is -8.09. The Bertz CT molecular complexity index is 1180. The zero-order valence-corrected chi connectivity index (χ0v) is 15.6. The van der Waals surface area contributed by atoms with E-state index >= 15 is 0 Å². The Morgan fingerprint density at radius 2 is 1.63 bits per heavy atom. The van der Waals surface area contributed by atoms with E-state index in [0.29, 0.717) is 17.6 Å². The van der Waals surface area contributed by atoms with Crippen LogP contribution in [0.1, 0.15) is 22.4 Å². The number of anilines is 1. The molecule has 4 nitrogen and oxygen atoms in total. The minimum Gasteiger partial charge on any atom is -0.419 e. The fourth-order valence-corrected chi connectivity index (χ4v) is 2.68. The molecule has 0 N–H and O–H groups in total. The van der Waals surface area contributed by atoms with Crippen molar-refractivity contribution in [3.63, 3.8) is 0 Å². The van der Waals surface area contributed by atoms with Crippen LogP contribution in [0.5, 0.6) is 0 Å². The second-order valence-corrected chi connectivity index (χ2v) is 6.56. The lowest BCUT2D eigenvalue weighted by Crippen LogP contribution is -2.12. The second kappa shape index (κ2) is 7.51. The maximum absolute atomic E-state index is 13.2. The molecule has 2 aromatic carbocycles. The summed E-state index contributed by atoms with van der Waals surface area (Å²) in [6.45, 7) is 0. The van der Waals surface area contributed by atoms with E-state index < -0.39 is 34.7 Å². The molecule has 30 heavy (non-hydrogen) atoms. The SMILES string of the molecule is CN(C)c1ccc2nc(C=Cc3ccc(C(F)(F)F)cc3C(F)(F)F)c(=O)oc2c1. The first-order valence-electron chi connectivity index (χ1n) is 8.45. The van der Waals surface area contributed by atoms with Crippen LogP contribution < -0.4 is 10.5 Å². The Hall–Kier alpha value is -3.30. The zero-order valence-electron chi connectivity index (χ0n) is 15.6. The van der Waals surface area contributed by atoms with E-state index in [1.807, 2.05) is 0 Å². The smallest absolute Gasteiger partial charge is 0.417 e. The summed E-state index contributed by atoms with van der Waals surface area (Å²) < 4.78 is 83.2. The van der Waals surface area contributed by atoms with Crippen molar-refractivity contribution < 1.29 is 30.8 Å². The van der Waals surface area contributed by atoms with Crippen molar-refractivity contribution in [3.05, 3.63) is 69.2 Å². The van der Waals surface area contributed by atoms with Crippen molar-refractivity contribution in [3.8, 4) is 0 Å². The third-order valence-corrected chi connectivity index (χ3v) is 4.22. The molecule has 0 radical (unpaired) electrons. The highest BCUT2D eigenvalue weighted by Gasteiger charge is 2.37. The van der Waals surface area contributed by atoms with Crippen LogP contribution in [0, 0.1) is 0 Å². The van der Waals surface area contributed by atoms with Gasteiger partial charge >= 0.3 is 18.0 Å². The Labute approximate surface area is 166 Å². The molecule has 0 aliphatic carbocycles. The number of aromatic nitrogens is 1. The van der Waals surface area contributed by atoms with E-state index in [-0.39, 0.29) is 17.3 Å². The number of benzene rings is 2. The lowest BCUT2D eigenvalue weighted by molar-refractivity contribution is -0.143. The normalized spacial score (nSPS) is 12.7. The number of halogens is 6. The molecule has 3 rings (SSSR count). The van der Waals surface area contributed by atoms with Gasteiger partial charge in [-0.25, -0.2) is 9.78 Å². The van der Waals surface area contributed by atoms with E-state index in [0.717, 1.165) is 17.8 Å². The summed E-state index contributed by atoms with van der Waals surface area (Å²) >= 11 is 0. The van der Waals surface area contributed by atoms with E-state index in [4.69, 9.17) is 4.42 Å². The molecule has 0 bridgehead atoms. The topological polar surface area (TPSA) is 46.3 Å². The highest BCUT2D eigenvalue weighted by molar-refractivity contribution is 5.79. The number of fused-ring (bicyclic) bond motifs is 1. The van der Waals surface area contributed by atoms with E-state index in [9.17, 15) is 31.1 Å². The van der Waals surface area contributed by atoms with Crippen LogP contribution in [0.15, 0.2) is 45.6 Å². The summed E-state index contributed by atoms with van der Waals surface area (Å²) in [5.41, 5.74) is -3.39. The second-order valence-electron chi connectivity index (χ2n) is 6.56. The molecular weight excluding hydrogens is 414 g/mol. The van der Waals surface area contributed by atoms with Crippen molar-refractivity contribution in [1.82, 2.24) is 4.98 Å². The van der Waals surface area contributed by atoms with Gasteiger partial charge in [0.1, 0.15) is 11.2 Å². The Kier molecular flexibility index (Phi) is 5.36. The van der Waals surface area contributed by atoms with Crippen LogP contribution in [0.4, 0.5) is 32.0 Å². The highest BCUT2D eigenvalue weighted by atomic mass is 19.4. The quantitative estimate of drug-likeness (QED) is 0.520. The monoisotopic (exact) mass is 428 g/mol. The van der Waals surface area contributed by atoms with E-state index in [1.54, 1.807) is 37.2 Å².